The molecule has 70 valence electrons. The van der Waals surface area contributed by atoms with Crippen molar-refractivity contribution in [3.05, 3.63) is 0 Å². The van der Waals surface area contributed by atoms with E-state index < -0.39 is 5.60 Å². The summed E-state index contributed by atoms with van der Waals surface area (Å²) in [5.41, 5.74) is -0.577. The SMILES string of the molecule is CN(C)C(=O)CN1CC(C)(O)C1. The number of rotatable bonds is 2. The molecular formula is C8H16N2O2. The predicted molar refractivity (Wildman–Crippen MR) is 45.8 cm³/mol. The van der Waals surface area contributed by atoms with Gasteiger partial charge in [0.05, 0.1) is 12.1 Å². The van der Waals surface area contributed by atoms with Crippen molar-refractivity contribution in [2.24, 2.45) is 0 Å². The molecule has 1 amide bonds. The highest BCUT2D eigenvalue weighted by Gasteiger charge is 2.37. The number of hydrogen-bond donors (Lipinski definition) is 1. The minimum atomic E-state index is -0.577. The van der Waals surface area contributed by atoms with Crippen LogP contribution in [0.3, 0.4) is 0 Å². The molecule has 0 unspecified atom stereocenters. The number of carbonyl (C=O) groups excluding carboxylic acids is 1. The molecule has 1 saturated heterocycles. The van der Waals surface area contributed by atoms with Gasteiger partial charge in [-0.25, -0.2) is 0 Å². The van der Waals surface area contributed by atoms with E-state index in [1.807, 2.05) is 4.90 Å². The molecule has 0 radical (unpaired) electrons. The number of β-amino-alcohol motifs (C(OH)–C–C–N with tert-alkyl or cyclic N) is 1. The van der Waals surface area contributed by atoms with Crippen molar-refractivity contribution in [3.8, 4) is 0 Å². The predicted octanol–water partition coefficient (Wildman–Crippen LogP) is -0.859. The molecule has 0 spiro atoms. The number of carbonyl (C=O) groups is 1. The van der Waals surface area contributed by atoms with Crippen molar-refractivity contribution in [2.45, 2.75) is 12.5 Å². The van der Waals surface area contributed by atoms with Gasteiger partial charge in [0.2, 0.25) is 5.91 Å². The molecule has 1 rings (SSSR count). The van der Waals surface area contributed by atoms with Gasteiger partial charge in [-0.3, -0.25) is 9.69 Å². The van der Waals surface area contributed by atoms with Crippen molar-refractivity contribution in [1.82, 2.24) is 9.80 Å². The molecule has 12 heavy (non-hydrogen) atoms. The summed E-state index contributed by atoms with van der Waals surface area (Å²) in [5, 5.41) is 9.37. The summed E-state index contributed by atoms with van der Waals surface area (Å²) in [7, 11) is 3.47. The Labute approximate surface area is 72.8 Å². The average molecular weight is 172 g/mol. The van der Waals surface area contributed by atoms with E-state index in [1.165, 1.54) is 0 Å². The van der Waals surface area contributed by atoms with Crippen LogP contribution in [-0.4, -0.2) is 60.1 Å². The first-order chi connectivity index (χ1) is 5.41. The zero-order valence-electron chi connectivity index (χ0n) is 7.87. The van der Waals surface area contributed by atoms with Gasteiger partial charge < -0.3 is 10.0 Å². The van der Waals surface area contributed by atoms with Crippen LogP contribution in [-0.2, 0) is 4.79 Å². The van der Waals surface area contributed by atoms with Gasteiger partial charge in [-0.15, -0.1) is 0 Å². The maximum absolute atomic E-state index is 11.2. The Bertz CT molecular complexity index is 181. The first-order valence-electron chi connectivity index (χ1n) is 4.06. The van der Waals surface area contributed by atoms with Gasteiger partial charge in [0.15, 0.2) is 0 Å². The number of likely N-dealkylation sites (tertiary alicyclic amines) is 1. The summed E-state index contributed by atoms with van der Waals surface area (Å²) in [6.45, 7) is 3.41. The van der Waals surface area contributed by atoms with Gasteiger partial charge >= 0.3 is 0 Å². The van der Waals surface area contributed by atoms with Crippen molar-refractivity contribution in [3.63, 3.8) is 0 Å². The molecule has 0 bridgehead atoms. The van der Waals surface area contributed by atoms with Gasteiger partial charge in [0, 0.05) is 27.2 Å². The molecule has 0 saturated carbocycles. The number of amides is 1. The molecule has 1 aliphatic rings. The second-order valence-electron chi connectivity index (χ2n) is 3.93. The summed E-state index contributed by atoms with van der Waals surface area (Å²) in [6, 6.07) is 0. The summed E-state index contributed by atoms with van der Waals surface area (Å²) in [6.07, 6.45) is 0. The largest absolute Gasteiger partial charge is 0.388 e. The lowest BCUT2D eigenvalue weighted by atomic mass is 9.97. The second kappa shape index (κ2) is 3.03. The van der Waals surface area contributed by atoms with E-state index in [0.717, 1.165) is 0 Å². The molecule has 1 heterocycles. The molecule has 1 N–H and O–H groups in total. The summed E-state index contributed by atoms with van der Waals surface area (Å²) < 4.78 is 0. The third kappa shape index (κ3) is 2.19. The number of hydrogen-bond acceptors (Lipinski definition) is 3. The molecule has 1 aliphatic heterocycles. The third-order valence-electron chi connectivity index (χ3n) is 1.99. The second-order valence-corrected chi connectivity index (χ2v) is 3.93. The van der Waals surface area contributed by atoms with Gasteiger partial charge in [-0.05, 0) is 6.92 Å². The molecule has 0 aromatic heterocycles. The normalized spacial score (nSPS) is 21.7. The fourth-order valence-electron chi connectivity index (χ4n) is 1.36. The monoisotopic (exact) mass is 172 g/mol. The summed E-state index contributed by atoms with van der Waals surface area (Å²) in [5.74, 6) is 0.0884. The lowest BCUT2D eigenvalue weighted by Gasteiger charge is -2.44. The molecule has 1 fully saturated rings. The Kier molecular flexibility index (Phi) is 2.39. The van der Waals surface area contributed by atoms with E-state index in [-0.39, 0.29) is 5.91 Å². The van der Waals surface area contributed by atoms with E-state index in [2.05, 4.69) is 0 Å². The van der Waals surface area contributed by atoms with Crippen LogP contribution >= 0.6 is 0 Å². The zero-order valence-corrected chi connectivity index (χ0v) is 7.87. The van der Waals surface area contributed by atoms with E-state index >= 15 is 0 Å². The lowest BCUT2D eigenvalue weighted by Crippen LogP contribution is -2.61. The van der Waals surface area contributed by atoms with E-state index in [4.69, 9.17) is 0 Å². The fraction of sp³-hybridized carbons (Fsp3) is 0.875. The fourth-order valence-corrected chi connectivity index (χ4v) is 1.36. The van der Waals surface area contributed by atoms with E-state index in [9.17, 15) is 9.90 Å². The minimum Gasteiger partial charge on any atom is -0.388 e. The van der Waals surface area contributed by atoms with Crippen LogP contribution in [0.4, 0.5) is 0 Å². The Morgan fingerprint density at radius 3 is 2.42 bits per heavy atom. The van der Waals surface area contributed by atoms with Crippen molar-refractivity contribution in [2.75, 3.05) is 33.7 Å². The zero-order chi connectivity index (χ0) is 9.35. The first kappa shape index (κ1) is 9.48. The molecule has 0 aliphatic carbocycles. The van der Waals surface area contributed by atoms with Crippen LogP contribution in [0, 0.1) is 0 Å². The van der Waals surface area contributed by atoms with Crippen LogP contribution in [0.1, 0.15) is 6.92 Å². The van der Waals surface area contributed by atoms with Crippen molar-refractivity contribution < 1.29 is 9.90 Å². The highest BCUT2D eigenvalue weighted by molar-refractivity contribution is 5.77. The van der Waals surface area contributed by atoms with Gasteiger partial charge in [-0.2, -0.15) is 0 Å². The third-order valence-corrected chi connectivity index (χ3v) is 1.99. The van der Waals surface area contributed by atoms with Crippen LogP contribution in [0.25, 0.3) is 0 Å². The minimum absolute atomic E-state index is 0.0884. The van der Waals surface area contributed by atoms with E-state index in [0.29, 0.717) is 19.6 Å². The molecule has 0 aromatic carbocycles. The van der Waals surface area contributed by atoms with Gasteiger partial charge in [0.1, 0.15) is 0 Å². The first-order valence-corrected chi connectivity index (χ1v) is 4.06. The molecule has 0 aromatic rings. The Morgan fingerprint density at radius 2 is 2.08 bits per heavy atom. The van der Waals surface area contributed by atoms with Crippen LogP contribution < -0.4 is 0 Å². The highest BCUT2D eigenvalue weighted by atomic mass is 16.3. The molecule has 4 nitrogen and oxygen atoms in total. The Balaban J connectivity index is 2.23. The molecular weight excluding hydrogens is 156 g/mol. The van der Waals surface area contributed by atoms with Crippen LogP contribution in [0.15, 0.2) is 0 Å². The number of likely N-dealkylation sites (N-methyl/N-ethyl adjacent to an activating group) is 1. The topological polar surface area (TPSA) is 43.8 Å². The number of nitrogens with zero attached hydrogens (tertiary/aromatic N) is 2. The van der Waals surface area contributed by atoms with Gasteiger partial charge in [0.25, 0.3) is 0 Å². The standard InChI is InChI=1S/C8H16N2O2/c1-8(12)5-10(6-8)4-7(11)9(2)3/h12H,4-6H2,1-3H3. The van der Waals surface area contributed by atoms with Crippen LogP contribution in [0.5, 0.6) is 0 Å². The lowest BCUT2D eigenvalue weighted by molar-refractivity contribution is -0.137. The van der Waals surface area contributed by atoms with Crippen molar-refractivity contribution in [1.29, 1.82) is 0 Å². The van der Waals surface area contributed by atoms with Crippen LogP contribution in [0.2, 0.25) is 0 Å². The Morgan fingerprint density at radius 1 is 1.58 bits per heavy atom. The summed E-state index contributed by atoms with van der Waals surface area (Å²) in [4.78, 5) is 14.7. The molecule has 4 heteroatoms. The number of aliphatic hydroxyl groups is 1. The smallest absolute Gasteiger partial charge is 0.236 e. The quantitative estimate of drug-likeness (QED) is 0.589. The summed E-state index contributed by atoms with van der Waals surface area (Å²) >= 11 is 0. The highest BCUT2D eigenvalue weighted by Crippen LogP contribution is 2.18. The van der Waals surface area contributed by atoms with Crippen molar-refractivity contribution >= 4 is 5.91 Å². The Hall–Kier alpha value is -0.610. The molecule has 0 atom stereocenters. The average Bonchev–Trinajstić information content (AvgIpc) is 1.83. The maximum atomic E-state index is 11.2. The van der Waals surface area contributed by atoms with Gasteiger partial charge in [-0.1, -0.05) is 0 Å². The maximum Gasteiger partial charge on any atom is 0.236 e. The van der Waals surface area contributed by atoms with E-state index in [1.54, 1.807) is 25.9 Å².